The standard InChI is InChI=1S/C33H62/c1-4-5-13-19-29-20-14-10-8-6-7-9-11-15-24-31(25-18-21-29)33-27(2)26-32(28(33)3)30-22-16-12-17-23-30/h27-33H,4-26H2,1-3H3. The molecule has 3 fully saturated rings. The van der Waals surface area contributed by atoms with Crippen molar-refractivity contribution in [3.05, 3.63) is 0 Å². The smallest absolute Gasteiger partial charge is 0.0331 e. The van der Waals surface area contributed by atoms with Crippen LogP contribution < -0.4 is 0 Å². The molecule has 33 heavy (non-hydrogen) atoms. The lowest BCUT2D eigenvalue weighted by molar-refractivity contribution is 0.147. The number of hydrogen-bond acceptors (Lipinski definition) is 0. The minimum absolute atomic E-state index is 0.986. The van der Waals surface area contributed by atoms with Gasteiger partial charge in [0.05, 0.1) is 0 Å². The van der Waals surface area contributed by atoms with E-state index < -0.39 is 0 Å². The predicted molar refractivity (Wildman–Crippen MR) is 148 cm³/mol. The minimum atomic E-state index is 0.986. The fraction of sp³-hybridized carbons (Fsp3) is 1.00. The molecule has 0 spiro atoms. The Bertz CT molecular complexity index is 474. The molecule has 0 amide bonds. The molecule has 6 atom stereocenters. The minimum Gasteiger partial charge on any atom is -0.0654 e. The van der Waals surface area contributed by atoms with Crippen molar-refractivity contribution in [2.24, 2.45) is 41.4 Å². The average Bonchev–Trinajstić information content (AvgIpc) is 3.12. The molecule has 194 valence electrons. The number of unbranched alkanes of at least 4 members (excludes halogenated alkanes) is 2. The van der Waals surface area contributed by atoms with Crippen LogP contribution in [0.25, 0.3) is 0 Å². The third kappa shape index (κ3) is 9.18. The first-order valence-corrected chi connectivity index (χ1v) is 16.2. The van der Waals surface area contributed by atoms with Gasteiger partial charge in [0, 0.05) is 0 Å². The maximum Gasteiger partial charge on any atom is -0.0331 e. The van der Waals surface area contributed by atoms with E-state index in [0.717, 1.165) is 41.4 Å². The molecule has 3 rings (SSSR count). The third-order valence-corrected chi connectivity index (χ3v) is 10.7. The van der Waals surface area contributed by atoms with E-state index >= 15 is 0 Å². The zero-order valence-corrected chi connectivity index (χ0v) is 23.3. The molecule has 3 aliphatic rings. The molecule has 0 N–H and O–H groups in total. The Morgan fingerprint density at radius 3 is 1.73 bits per heavy atom. The summed E-state index contributed by atoms with van der Waals surface area (Å²) in [7, 11) is 0. The summed E-state index contributed by atoms with van der Waals surface area (Å²) in [5, 5.41) is 0. The molecule has 0 saturated heterocycles. The van der Waals surface area contributed by atoms with Gasteiger partial charge in [-0.1, -0.05) is 162 Å². The highest BCUT2D eigenvalue weighted by molar-refractivity contribution is 4.93. The molecule has 0 heterocycles. The molecule has 0 heteroatoms. The molecule has 0 aliphatic heterocycles. The van der Waals surface area contributed by atoms with Crippen LogP contribution in [0.15, 0.2) is 0 Å². The van der Waals surface area contributed by atoms with Gasteiger partial charge in [-0.15, -0.1) is 0 Å². The lowest BCUT2D eigenvalue weighted by atomic mass is 9.71. The van der Waals surface area contributed by atoms with E-state index in [-0.39, 0.29) is 0 Å². The van der Waals surface area contributed by atoms with Gasteiger partial charge in [0.25, 0.3) is 0 Å². The highest BCUT2D eigenvalue weighted by Crippen LogP contribution is 2.52. The summed E-state index contributed by atoms with van der Waals surface area (Å²) in [6.45, 7) is 7.73. The highest BCUT2D eigenvalue weighted by Gasteiger charge is 2.44. The molecule has 6 unspecified atom stereocenters. The number of rotatable bonds is 6. The second kappa shape index (κ2) is 15.9. The lowest BCUT2D eigenvalue weighted by Gasteiger charge is -2.35. The first-order valence-electron chi connectivity index (χ1n) is 16.2. The lowest BCUT2D eigenvalue weighted by Crippen LogP contribution is -2.27. The largest absolute Gasteiger partial charge is 0.0654 e. The van der Waals surface area contributed by atoms with Crippen LogP contribution in [0, 0.1) is 41.4 Å². The van der Waals surface area contributed by atoms with Gasteiger partial charge >= 0.3 is 0 Å². The Morgan fingerprint density at radius 1 is 0.545 bits per heavy atom. The van der Waals surface area contributed by atoms with Crippen molar-refractivity contribution in [3.8, 4) is 0 Å². The summed E-state index contributed by atoms with van der Waals surface area (Å²) in [5.41, 5.74) is 0. The molecule has 3 aliphatic carbocycles. The Morgan fingerprint density at radius 2 is 1.06 bits per heavy atom. The van der Waals surface area contributed by atoms with Crippen LogP contribution in [-0.2, 0) is 0 Å². The predicted octanol–water partition coefficient (Wildman–Crippen LogP) is 11.4. The van der Waals surface area contributed by atoms with E-state index in [1.54, 1.807) is 38.5 Å². The van der Waals surface area contributed by atoms with E-state index in [0.29, 0.717) is 0 Å². The van der Waals surface area contributed by atoms with Crippen LogP contribution in [0.2, 0.25) is 0 Å². The Kier molecular flexibility index (Phi) is 13.3. The van der Waals surface area contributed by atoms with Gasteiger partial charge in [0.2, 0.25) is 0 Å². The fourth-order valence-corrected chi connectivity index (χ4v) is 8.90. The Balaban J connectivity index is 1.59. The van der Waals surface area contributed by atoms with Crippen LogP contribution >= 0.6 is 0 Å². The van der Waals surface area contributed by atoms with E-state index in [1.165, 1.54) is 109 Å². The second-order valence-electron chi connectivity index (χ2n) is 13.2. The number of hydrogen-bond donors (Lipinski definition) is 0. The van der Waals surface area contributed by atoms with Crippen molar-refractivity contribution in [1.29, 1.82) is 0 Å². The van der Waals surface area contributed by atoms with E-state index in [1.807, 2.05) is 0 Å². The second-order valence-corrected chi connectivity index (χ2v) is 13.2. The molecule has 0 aromatic rings. The summed E-state index contributed by atoms with van der Waals surface area (Å²) in [6.07, 6.45) is 34.9. The molecule has 0 bridgehead atoms. The van der Waals surface area contributed by atoms with Crippen LogP contribution in [0.4, 0.5) is 0 Å². The van der Waals surface area contributed by atoms with Gasteiger partial charge in [-0.3, -0.25) is 0 Å². The van der Waals surface area contributed by atoms with Crippen LogP contribution in [0.5, 0.6) is 0 Å². The SMILES string of the molecule is CCCCCC1CCCCCCCCCCC(C2C(C)CC(C3CCCCC3)C2C)CCC1. The summed E-state index contributed by atoms with van der Waals surface area (Å²) in [6, 6.07) is 0. The topological polar surface area (TPSA) is 0 Å². The monoisotopic (exact) mass is 458 g/mol. The molecule has 0 aromatic carbocycles. The van der Waals surface area contributed by atoms with Gasteiger partial charge in [0.1, 0.15) is 0 Å². The normalized spacial score (nSPS) is 36.8. The average molecular weight is 459 g/mol. The highest BCUT2D eigenvalue weighted by atomic mass is 14.5. The first-order chi connectivity index (χ1) is 16.2. The van der Waals surface area contributed by atoms with Gasteiger partial charge in [0.15, 0.2) is 0 Å². The first kappa shape index (κ1) is 27.6. The van der Waals surface area contributed by atoms with E-state index in [2.05, 4.69) is 20.8 Å². The molecule has 0 nitrogen and oxygen atoms in total. The zero-order chi connectivity index (χ0) is 23.3. The van der Waals surface area contributed by atoms with Crippen molar-refractivity contribution in [2.45, 2.75) is 168 Å². The Labute approximate surface area is 209 Å². The van der Waals surface area contributed by atoms with Gasteiger partial charge in [-0.25, -0.2) is 0 Å². The quantitative estimate of drug-likeness (QED) is 0.347. The molecule has 3 saturated carbocycles. The van der Waals surface area contributed by atoms with Crippen molar-refractivity contribution < 1.29 is 0 Å². The summed E-state index contributed by atoms with van der Waals surface area (Å²) >= 11 is 0. The fourth-order valence-electron chi connectivity index (χ4n) is 8.90. The maximum absolute atomic E-state index is 2.70. The van der Waals surface area contributed by atoms with Gasteiger partial charge in [-0.05, 0) is 47.8 Å². The molecular formula is C33H62. The molecular weight excluding hydrogens is 396 g/mol. The van der Waals surface area contributed by atoms with E-state index in [4.69, 9.17) is 0 Å². The zero-order valence-electron chi connectivity index (χ0n) is 23.3. The molecule has 0 aromatic heterocycles. The van der Waals surface area contributed by atoms with Crippen molar-refractivity contribution in [2.75, 3.05) is 0 Å². The third-order valence-electron chi connectivity index (χ3n) is 10.7. The van der Waals surface area contributed by atoms with Crippen LogP contribution in [0.3, 0.4) is 0 Å². The van der Waals surface area contributed by atoms with Gasteiger partial charge < -0.3 is 0 Å². The van der Waals surface area contributed by atoms with Crippen molar-refractivity contribution in [1.82, 2.24) is 0 Å². The van der Waals surface area contributed by atoms with Crippen molar-refractivity contribution in [3.63, 3.8) is 0 Å². The molecule has 0 radical (unpaired) electrons. The summed E-state index contributed by atoms with van der Waals surface area (Å²) < 4.78 is 0. The Hall–Kier alpha value is 0. The van der Waals surface area contributed by atoms with Crippen LogP contribution in [-0.4, -0.2) is 0 Å². The van der Waals surface area contributed by atoms with Crippen molar-refractivity contribution >= 4 is 0 Å². The van der Waals surface area contributed by atoms with E-state index in [9.17, 15) is 0 Å². The van der Waals surface area contributed by atoms with Gasteiger partial charge in [-0.2, -0.15) is 0 Å². The summed E-state index contributed by atoms with van der Waals surface area (Å²) in [4.78, 5) is 0. The maximum atomic E-state index is 2.70. The van der Waals surface area contributed by atoms with Crippen LogP contribution in [0.1, 0.15) is 168 Å². The summed E-state index contributed by atoms with van der Waals surface area (Å²) in [5.74, 6) is 7.22.